The highest BCUT2D eigenvalue weighted by Gasteiger charge is 2.50. The number of amides is 1. The zero-order valence-corrected chi connectivity index (χ0v) is 19.1. The molecule has 0 spiro atoms. The Kier molecular flexibility index (Phi) is 8.10. The van der Waals surface area contributed by atoms with Gasteiger partial charge in [0.15, 0.2) is 0 Å². The summed E-state index contributed by atoms with van der Waals surface area (Å²) < 4.78 is 17.3. The smallest absolute Gasteiger partial charge is 0.462 e. The normalized spacial score (nSPS) is 20.9. The number of nitrogens with one attached hydrogen (secondary N) is 1. The molecule has 2 rings (SSSR count). The van der Waals surface area contributed by atoms with E-state index in [1.807, 2.05) is 64.2 Å². The first-order chi connectivity index (χ1) is 14.1. The summed E-state index contributed by atoms with van der Waals surface area (Å²) in [4.78, 5) is 12.4. The van der Waals surface area contributed by atoms with Gasteiger partial charge < -0.3 is 19.4 Å². The molecule has 0 aromatic carbocycles. The molecule has 1 N–H and O–H groups in total. The van der Waals surface area contributed by atoms with E-state index in [9.17, 15) is 4.79 Å². The van der Waals surface area contributed by atoms with E-state index in [0.717, 1.165) is 23.3 Å². The Labute approximate surface area is 181 Å². The molecule has 0 saturated carbocycles. The van der Waals surface area contributed by atoms with Crippen LogP contribution in [0.2, 0.25) is 6.32 Å². The van der Waals surface area contributed by atoms with Crippen LogP contribution in [0.5, 0.6) is 0 Å². The third kappa shape index (κ3) is 6.35. The average molecular weight is 411 g/mol. The fourth-order valence-electron chi connectivity index (χ4n) is 3.03. The highest BCUT2D eigenvalue weighted by atomic mass is 16.7. The molecule has 0 unspecified atom stereocenters. The monoisotopic (exact) mass is 411 g/mol. The molecule has 1 fully saturated rings. The van der Waals surface area contributed by atoms with Gasteiger partial charge >= 0.3 is 7.12 Å². The molecule has 1 heterocycles. The van der Waals surface area contributed by atoms with Crippen molar-refractivity contribution in [2.24, 2.45) is 0 Å². The lowest BCUT2D eigenvalue weighted by molar-refractivity contribution is -0.117. The molecule has 30 heavy (non-hydrogen) atoms. The summed E-state index contributed by atoms with van der Waals surface area (Å²) in [5, 5.41) is 2.97. The fourth-order valence-corrected chi connectivity index (χ4v) is 3.03. The Morgan fingerprint density at radius 2 is 1.93 bits per heavy atom. The zero-order chi connectivity index (χ0) is 22.4. The van der Waals surface area contributed by atoms with E-state index in [2.05, 4.69) is 11.9 Å². The van der Waals surface area contributed by atoms with Crippen LogP contribution in [0.1, 0.15) is 41.0 Å². The van der Waals surface area contributed by atoms with E-state index in [0.29, 0.717) is 18.4 Å². The van der Waals surface area contributed by atoms with Crippen LogP contribution < -0.4 is 5.32 Å². The number of carbonyl (C=O) groups is 1. The van der Waals surface area contributed by atoms with Crippen LogP contribution in [0.25, 0.3) is 0 Å². The number of hydrogen-bond acceptors (Lipinski definition) is 4. The minimum Gasteiger partial charge on any atom is -0.497 e. The van der Waals surface area contributed by atoms with Crippen molar-refractivity contribution in [1.82, 2.24) is 5.32 Å². The topological polar surface area (TPSA) is 56.8 Å². The molecule has 5 nitrogen and oxygen atoms in total. The minimum absolute atomic E-state index is 0.102. The molecule has 1 aliphatic carbocycles. The Bertz CT molecular complexity index is 799. The predicted molar refractivity (Wildman–Crippen MR) is 123 cm³/mol. The Morgan fingerprint density at radius 1 is 1.27 bits per heavy atom. The lowest BCUT2D eigenvalue weighted by Gasteiger charge is -2.32. The van der Waals surface area contributed by atoms with Crippen LogP contribution in [0.3, 0.4) is 0 Å². The molecular weight excluding hydrogens is 377 g/mol. The van der Waals surface area contributed by atoms with Crippen LogP contribution in [-0.2, 0) is 18.8 Å². The van der Waals surface area contributed by atoms with Crippen molar-refractivity contribution in [3.05, 3.63) is 71.6 Å². The second-order valence-electron chi connectivity index (χ2n) is 8.57. The van der Waals surface area contributed by atoms with E-state index in [1.165, 1.54) is 0 Å². The van der Waals surface area contributed by atoms with E-state index in [-0.39, 0.29) is 24.2 Å². The standard InChI is InChI=1S/C24H34BNO4/c1-8-19(16-25-29-23(3,4)24(5,6)30-25)13-12-18(2)22(27)26-17-20-10-9-11-21(28-7)15-14-20/h8-13,15H,1,14,16-17H2,2-7H3,(H,26,27)/b18-12+,19-13+. The lowest BCUT2D eigenvalue weighted by atomic mass is 9.80. The van der Waals surface area contributed by atoms with Gasteiger partial charge in [0, 0.05) is 18.4 Å². The van der Waals surface area contributed by atoms with Crippen LogP contribution in [0.15, 0.2) is 71.6 Å². The fraction of sp³-hybridized carbons (Fsp3) is 0.458. The summed E-state index contributed by atoms with van der Waals surface area (Å²) in [6, 6.07) is 0. The maximum absolute atomic E-state index is 12.4. The van der Waals surface area contributed by atoms with E-state index < -0.39 is 0 Å². The maximum atomic E-state index is 12.4. The van der Waals surface area contributed by atoms with Gasteiger partial charge in [0.1, 0.15) is 5.76 Å². The summed E-state index contributed by atoms with van der Waals surface area (Å²) >= 11 is 0. The van der Waals surface area contributed by atoms with Gasteiger partial charge in [-0.25, -0.2) is 0 Å². The van der Waals surface area contributed by atoms with Crippen molar-refractivity contribution in [3.63, 3.8) is 0 Å². The number of methoxy groups -OCH3 is 1. The van der Waals surface area contributed by atoms with E-state index in [4.69, 9.17) is 14.0 Å². The maximum Gasteiger partial charge on any atom is 0.462 e. The second kappa shape index (κ2) is 10.1. The molecular formula is C24H34BNO4. The summed E-state index contributed by atoms with van der Waals surface area (Å²) in [5.41, 5.74) is 1.96. The molecule has 162 valence electrons. The van der Waals surface area contributed by atoms with Gasteiger partial charge in [0.05, 0.1) is 18.3 Å². The SMILES string of the molecule is C=C/C(=C\C=C(/C)C(=O)NCC1=CC=CC(OC)=CC1)CB1OC(C)(C)C(C)(C)O1. The molecule has 0 aromatic rings. The third-order valence-corrected chi connectivity index (χ3v) is 5.74. The van der Waals surface area contributed by atoms with Gasteiger partial charge in [-0.3, -0.25) is 4.79 Å². The predicted octanol–water partition coefficient (Wildman–Crippen LogP) is 4.67. The van der Waals surface area contributed by atoms with E-state index >= 15 is 0 Å². The number of ether oxygens (including phenoxy) is 1. The summed E-state index contributed by atoms with van der Waals surface area (Å²) in [6.45, 7) is 14.3. The first-order valence-corrected chi connectivity index (χ1v) is 10.3. The van der Waals surface area contributed by atoms with Gasteiger partial charge in [-0.15, -0.1) is 0 Å². The van der Waals surface area contributed by atoms with Gasteiger partial charge in [-0.05, 0) is 58.8 Å². The van der Waals surface area contributed by atoms with Gasteiger partial charge in [-0.2, -0.15) is 0 Å². The van der Waals surface area contributed by atoms with Gasteiger partial charge in [0.25, 0.3) is 0 Å². The van der Waals surface area contributed by atoms with Crippen molar-refractivity contribution in [2.75, 3.05) is 13.7 Å². The Morgan fingerprint density at radius 3 is 2.53 bits per heavy atom. The first kappa shape index (κ1) is 24.0. The summed E-state index contributed by atoms with van der Waals surface area (Å²) in [5.74, 6) is 0.725. The van der Waals surface area contributed by atoms with Crippen LogP contribution in [-0.4, -0.2) is 37.9 Å². The van der Waals surface area contributed by atoms with Crippen LogP contribution >= 0.6 is 0 Å². The lowest BCUT2D eigenvalue weighted by Crippen LogP contribution is -2.41. The van der Waals surface area contributed by atoms with Crippen molar-refractivity contribution < 1.29 is 18.8 Å². The van der Waals surface area contributed by atoms with E-state index in [1.54, 1.807) is 20.1 Å². The second-order valence-corrected chi connectivity index (χ2v) is 8.57. The molecule has 0 aromatic heterocycles. The highest BCUT2D eigenvalue weighted by molar-refractivity contribution is 6.46. The van der Waals surface area contributed by atoms with Crippen molar-refractivity contribution in [3.8, 4) is 0 Å². The Hall–Kier alpha value is -2.31. The molecule has 0 bridgehead atoms. The molecule has 1 aliphatic heterocycles. The van der Waals surface area contributed by atoms with Gasteiger partial charge in [-0.1, -0.05) is 42.5 Å². The van der Waals surface area contributed by atoms with Crippen molar-refractivity contribution in [1.29, 1.82) is 0 Å². The molecule has 1 saturated heterocycles. The van der Waals surface area contributed by atoms with Crippen LogP contribution in [0.4, 0.5) is 0 Å². The molecule has 6 heteroatoms. The number of carbonyl (C=O) groups excluding carboxylic acids is 1. The van der Waals surface area contributed by atoms with Crippen molar-refractivity contribution >= 4 is 13.0 Å². The summed E-state index contributed by atoms with van der Waals surface area (Å²) in [6.07, 6.45) is 14.6. The summed E-state index contributed by atoms with van der Waals surface area (Å²) in [7, 11) is 1.32. The highest BCUT2D eigenvalue weighted by Crippen LogP contribution is 2.38. The minimum atomic E-state index is -0.364. The third-order valence-electron chi connectivity index (χ3n) is 5.74. The zero-order valence-electron chi connectivity index (χ0n) is 19.1. The molecule has 0 atom stereocenters. The molecule has 0 radical (unpaired) electrons. The Balaban J connectivity index is 1.92. The van der Waals surface area contributed by atoms with Crippen LogP contribution in [0, 0.1) is 0 Å². The largest absolute Gasteiger partial charge is 0.497 e. The van der Waals surface area contributed by atoms with Gasteiger partial charge in [0.2, 0.25) is 5.91 Å². The number of allylic oxidation sites excluding steroid dienone is 8. The first-order valence-electron chi connectivity index (χ1n) is 10.3. The average Bonchev–Trinajstić information content (AvgIpc) is 2.84. The number of hydrogen-bond donors (Lipinski definition) is 1. The number of rotatable bonds is 8. The van der Waals surface area contributed by atoms with Crippen molar-refractivity contribution in [2.45, 2.75) is 58.6 Å². The molecule has 2 aliphatic rings. The quantitative estimate of drug-likeness (QED) is 0.358. The molecule has 1 amide bonds.